The molecule has 6 heteroatoms. The van der Waals surface area contributed by atoms with E-state index in [1.165, 1.54) is 11.3 Å². The first kappa shape index (κ1) is 15.5. The maximum atomic E-state index is 11.7. The summed E-state index contributed by atoms with van der Waals surface area (Å²) < 4.78 is 0. The number of aliphatic hydroxyl groups excluding tert-OH is 1. The summed E-state index contributed by atoms with van der Waals surface area (Å²) in [6, 6.07) is 9.42. The van der Waals surface area contributed by atoms with Gasteiger partial charge in [0.05, 0.1) is 23.9 Å². The molecule has 0 bridgehead atoms. The number of hydrogen-bond acceptors (Lipinski definition) is 4. The first-order valence-electron chi connectivity index (χ1n) is 6.78. The molecule has 3 N–H and O–H groups in total. The highest BCUT2D eigenvalue weighted by atomic mass is 32.1. The fraction of sp³-hybridized carbons (Fsp3) is 0.333. The van der Waals surface area contributed by atoms with Crippen LogP contribution in [0.25, 0.3) is 0 Å². The van der Waals surface area contributed by atoms with E-state index in [1.807, 2.05) is 37.3 Å². The van der Waals surface area contributed by atoms with Crippen LogP contribution in [0.3, 0.4) is 0 Å². The Morgan fingerprint density at radius 1 is 1.33 bits per heavy atom. The highest BCUT2D eigenvalue weighted by molar-refractivity contribution is 7.09. The first-order chi connectivity index (χ1) is 10.1. The van der Waals surface area contributed by atoms with Crippen LogP contribution in [0.4, 0.5) is 4.79 Å². The normalized spacial score (nSPS) is 11.9. The summed E-state index contributed by atoms with van der Waals surface area (Å²) >= 11 is 1.51. The maximum Gasteiger partial charge on any atom is 0.315 e. The summed E-state index contributed by atoms with van der Waals surface area (Å²) in [4.78, 5) is 16.8. The van der Waals surface area contributed by atoms with Crippen LogP contribution in [0, 0.1) is 6.92 Å². The van der Waals surface area contributed by atoms with E-state index < -0.39 is 6.10 Å². The molecule has 0 fully saturated rings. The molecule has 1 heterocycles. The molecule has 0 aliphatic carbocycles. The lowest BCUT2D eigenvalue weighted by molar-refractivity contribution is 0.170. The topological polar surface area (TPSA) is 74.2 Å². The van der Waals surface area contributed by atoms with Crippen molar-refractivity contribution in [3.8, 4) is 0 Å². The number of aromatic nitrogens is 1. The van der Waals surface area contributed by atoms with Crippen molar-refractivity contribution in [3.63, 3.8) is 0 Å². The van der Waals surface area contributed by atoms with Crippen molar-refractivity contribution in [2.45, 2.75) is 26.0 Å². The fourth-order valence-corrected chi connectivity index (χ4v) is 2.60. The number of nitrogens with one attached hydrogen (secondary N) is 2. The van der Waals surface area contributed by atoms with E-state index in [0.29, 0.717) is 13.0 Å². The quantitative estimate of drug-likeness (QED) is 0.762. The van der Waals surface area contributed by atoms with Crippen molar-refractivity contribution in [2.75, 3.05) is 6.54 Å². The first-order valence-corrected chi connectivity index (χ1v) is 7.66. The number of thiazole rings is 1. The van der Waals surface area contributed by atoms with Gasteiger partial charge in [0.15, 0.2) is 0 Å². The molecule has 2 aromatic rings. The van der Waals surface area contributed by atoms with Crippen molar-refractivity contribution >= 4 is 17.4 Å². The Balaban J connectivity index is 1.68. The van der Waals surface area contributed by atoms with E-state index in [-0.39, 0.29) is 12.6 Å². The van der Waals surface area contributed by atoms with Gasteiger partial charge < -0.3 is 15.7 Å². The van der Waals surface area contributed by atoms with Gasteiger partial charge in [-0.25, -0.2) is 9.78 Å². The number of nitrogens with zero attached hydrogens (tertiary/aromatic N) is 1. The van der Waals surface area contributed by atoms with Crippen LogP contribution in [0.1, 0.15) is 16.1 Å². The summed E-state index contributed by atoms with van der Waals surface area (Å²) in [5, 5.41) is 15.3. The van der Waals surface area contributed by atoms with Crippen molar-refractivity contribution in [3.05, 3.63) is 52.0 Å². The lowest BCUT2D eigenvalue weighted by atomic mass is 10.1. The van der Waals surface area contributed by atoms with E-state index >= 15 is 0 Å². The minimum atomic E-state index is -0.594. The summed E-state index contributed by atoms with van der Waals surface area (Å²) in [7, 11) is 0. The number of urea groups is 1. The molecule has 0 saturated carbocycles. The predicted molar refractivity (Wildman–Crippen MR) is 83.2 cm³/mol. The summed E-state index contributed by atoms with van der Waals surface area (Å²) in [6.07, 6.45) is -0.0713. The van der Waals surface area contributed by atoms with Crippen LogP contribution in [0.15, 0.2) is 35.8 Å². The van der Waals surface area contributed by atoms with Gasteiger partial charge in [0, 0.05) is 17.8 Å². The van der Waals surface area contributed by atoms with Crippen LogP contribution < -0.4 is 10.6 Å². The largest absolute Gasteiger partial charge is 0.391 e. The zero-order valence-electron chi connectivity index (χ0n) is 11.9. The summed E-state index contributed by atoms with van der Waals surface area (Å²) in [5.41, 5.74) is 3.74. The molecule has 112 valence electrons. The van der Waals surface area contributed by atoms with Crippen LogP contribution in [-0.4, -0.2) is 28.8 Å². The van der Waals surface area contributed by atoms with E-state index in [4.69, 9.17) is 0 Å². The third kappa shape index (κ3) is 5.17. The monoisotopic (exact) mass is 305 g/mol. The Morgan fingerprint density at radius 3 is 2.76 bits per heavy atom. The highest BCUT2D eigenvalue weighted by Crippen LogP contribution is 2.10. The van der Waals surface area contributed by atoms with Gasteiger partial charge in [-0.2, -0.15) is 0 Å². The van der Waals surface area contributed by atoms with Gasteiger partial charge in [-0.05, 0) is 12.5 Å². The Bertz CT molecular complexity index is 571. The molecule has 0 saturated heterocycles. The van der Waals surface area contributed by atoms with Crippen LogP contribution in [0.5, 0.6) is 0 Å². The lowest BCUT2D eigenvalue weighted by Crippen LogP contribution is -2.39. The predicted octanol–water partition coefficient (Wildman–Crippen LogP) is 1.85. The second-order valence-corrected chi connectivity index (χ2v) is 5.71. The van der Waals surface area contributed by atoms with Crippen molar-refractivity contribution in [1.82, 2.24) is 15.6 Å². The van der Waals surface area contributed by atoms with Gasteiger partial charge in [-0.1, -0.05) is 30.3 Å². The van der Waals surface area contributed by atoms with Gasteiger partial charge in [-0.3, -0.25) is 0 Å². The molecular formula is C15H19N3O2S. The molecule has 0 spiro atoms. The molecule has 21 heavy (non-hydrogen) atoms. The molecule has 0 radical (unpaired) electrons. The Hall–Kier alpha value is -1.92. The summed E-state index contributed by atoms with van der Waals surface area (Å²) in [6.45, 7) is 2.59. The number of carbonyl (C=O) groups is 1. The number of hydrogen-bond donors (Lipinski definition) is 3. The van der Waals surface area contributed by atoms with Crippen LogP contribution in [0.2, 0.25) is 0 Å². The maximum absolute atomic E-state index is 11.7. The molecule has 1 atom stereocenters. The fourth-order valence-electron chi connectivity index (χ4n) is 1.89. The number of rotatable bonds is 6. The number of amides is 2. The van der Waals surface area contributed by atoms with Gasteiger partial charge in [0.2, 0.25) is 0 Å². The average molecular weight is 305 g/mol. The molecule has 0 aliphatic rings. The van der Waals surface area contributed by atoms with E-state index in [9.17, 15) is 9.90 Å². The van der Waals surface area contributed by atoms with Gasteiger partial charge in [0.1, 0.15) is 0 Å². The molecule has 2 rings (SSSR count). The Kier molecular flexibility index (Phi) is 5.71. The molecule has 0 aliphatic heterocycles. The minimum Gasteiger partial charge on any atom is -0.391 e. The van der Waals surface area contributed by atoms with Crippen molar-refractivity contribution in [2.24, 2.45) is 0 Å². The summed E-state index contributed by atoms with van der Waals surface area (Å²) in [5.74, 6) is 0. The second-order valence-electron chi connectivity index (χ2n) is 4.77. The third-order valence-electron chi connectivity index (χ3n) is 3.07. The second kappa shape index (κ2) is 7.75. The highest BCUT2D eigenvalue weighted by Gasteiger charge is 2.08. The number of benzene rings is 1. The zero-order chi connectivity index (χ0) is 15.1. The Labute approximate surface area is 128 Å². The average Bonchev–Trinajstić information content (AvgIpc) is 2.89. The molecular weight excluding hydrogens is 286 g/mol. The van der Waals surface area contributed by atoms with E-state index in [1.54, 1.807) is 5.51 Å². The zero-order valence-corrected chi connectivity index (χ0v) is 12.7. The smallest absolute Gasteiger partial charge is 0.315 e. The number of aryl methyl sites for hydroxylation is 1. The van der Waals surface area contributed by atoms with E-state index in [2.05, 4.69) is 15.6 Å². The standard InChI is InChI=1S/C15H19N3O2S/c1-11-14(21-10-18-11)9-17-15(20)16-8-13(19)7-12-5-3-2-4-6-12/h2-6,10,13,19H,7-9H2,1H3,(H2,16,17,20). The number of aliphatic hydroxyl groups is 1. The van der Waals surface area contributed by atoms with Gasteiger partial charge in [-0.15, -0.1) is 11.3 Å². The molecule has 5 nitrogen and oxygen atoms in total. The third-order valence-corrected chi connectivity index (χ3v) is 4.00. The van der Waals surface area contributed by atoms with Crippen LogP contribution in [-0.2, 0) is 13.0 Å². The lowest BCUT2D eigenvalue weighted by Gasteiger charge is -2.12. The van der Waals surface area contributed by atoms with Gasteiger partial charge >= 0.3 is 6.03 Å². The molecule has 1 aromatic carbocycles. The SMILES string of the molecule is Cc1ncsc1CNC(=O)NCC(O)Cc1ccccc1. The molecule has 2 amide bonds. The van der Waals surface area contributed by atoms with Crippen LogP contribution >= 0.6 is 11.3 Å². The van der Waals surface area contributed by atoms with Crippen molar-refractivity contribution < 1.29 is 9.90 Å². The molecule has 1 unspecified atom stereocenters. The van der Waals surface area contributed by atoms with Crippen molar-refractivity contribution in [1.29, 1.82) is 0 Å². The van der Waals surface area contributed by atoms with Gasteiger partial charge in [0.25, 0.3) is 0 Å². The minimum absolute atomic E-state index is 0.225. The number of carbonyl (C=O) groups excluding carboxylic acids is 1. The molecule has 1 aromatic heterocycles. The van der Waals surface area contributed by atoms with E-state index in [0.717, 1.165) is 16.1 Å². The Morgan fingerprint density at radius 2 is 2.10 bits per heavy atom.